The van der Waals surface area contributed by atoms with Crippen molar-refractivity contribution in [3.63, 3.8) is 0 Å². The van der Waals surface area contributed by atoms with E-state index in [2.05, 4.69) is 21.0 Å². The van der Waals surface area contributed by atoms with E-state index in [1.165, 1.54) is 10.7 Å². The number of aryl methyl sites for hydroxylation is 1. The van der Waals surface area contributed by atoms with Crippen LogP contribution >= 0.6 is 15.9 Å². The van der Waals surface area contributed by atoms with E-state index in [-0.39, 0.29) is 10.0 Å². The summed E-state index contributed by atoms with van der Waals surface area (Å²) >= 11 is 2.94. The lowest BCUT2D eigenvalue weighted by atomic mass is 10.1. The summed E-state index contributed by atoms with van der Waals surface area (Å²) in [4.78, 5) is 0. The molecule has 0 aliphatic carbocycles. The Hall–Kier alpha value is -1.43. The molecule has 6 heteroatoms. The molecular weight excluding hydrogens is 280 g/mol. The van der Waals surface area contributed by atoms with Gasteiger partial charge in [-0.15, -0.1) is 0 Å². The molecule has 0 saturated heterocycles. The highest BCUT2D eigenvalue weighted by Crippen LogP contribution is 2.29. The van der Waals surface area contributed by atoms with Crippen LogP contribution in [0.2, 0.25) is 0 Å². The molecule has 0 fully saturated rings. The molecule has 2 rings (SSSR count). The number of rotatable bonds is 1. The summed E-state index contributed by atoms with van der Waals surface area (Å²) in [7, 11) is 1.63. The van der Waals surface area contributed by atoms with Gasteiger partial charge in [0.25, 0.3) is 0 Å². The average molecular weight is 288 g/mol. The molecule has 2 aromatic rings. The highest BCUT2D eigenvalue weighted by molar-refractivity contribution is 9.10. The summed E-state index contributed by atoms with van der Waals surface area (Å²) in [5.74, 6) is -0.707. The van der Waals surface area contributed by atoms with E-state index in [1.54, 1.807) is 7.05 Å². The number of nitrogen functional groups attached to an aromatic ring is 1. The van der Waals surface area contributed by atoms with Crippen molar-refractivity contribution in [2.75, 3.05) is 5.73 Å². The van der Waals surface area contributed by atoms with E-state index in [1.807, 2.05) is 0 Å². The molecule has 0 aliphatic rings. The number of halogens is 3. The summed E-state index contributed by atoms with van der Waals surface area (Å²) in [5.41, 5.74) is 5.96. The Labute approximate surface area is 99.0 Å². The van der Waals surface area contributed by atoms with E-state index < -0.39 is 11.6 Å². The number of aromatic nitrogens is 2. The van der Waals surface area contributed by atoms with Crippen LogP contribution in [0.25, 0.3) is 11.3 Å². The number of nitrogens with two attached hydrogens (primary N) is 1. The van der Waals surface area contributed by atoms with E-state index in [4.69, 9.17) is 5.73 Å². The van der Waals surface area contributed by atoms with Gasteiger partial charge in [0.2, 0.25) is 0 Å². The van der Waals surface area contributed by atoms with Gasteiger partial charge in [0.1, 0.15) is 17.5 Å². The van der Waals surface area contributed by atoms with Gasteiger partial charge in [0.15, 0.2) is 0 Å². The maximum absolute atomic E-state index is 13.7. The smallest absolute Gasteiger partial charge is 0.147 e. The molecule has 1 aromatic heterocycles. The van der Waals surface area contributed by atoms with Gasteiger partial charge in [-0.05, 0) is 28.1 Å². The summed E-state index contributed by atoms with van der Waals surface area (Å²) in [6, 6.07) is 3.64. The fourth-order valence-corrected chi connectivity index (χ4v) is 1.79. The van der Waals surface area contributed by atoms with Crippen LogP contribution in [0.4, 0.5) is 14.6 Å². The molecule has 16 heavy (non-hydrogen) atoms. The number of anilines is 1. The third kappa shape index (κ3) is 1.80. The van der Waals surface area contributed by atoms with E-state index >= 15 is 0 Å². The second-order valence-electron chi connectivity index (χ2n) is 3.33. The first kappa shape index (κ1) is 11.1. The van der Waals surface area contributed by atoms with Crippen LogP contribution in [0.5, 0.6) is 0 Å². The van der Waals surface area contributed by atoms with Crippen LogP contribution in [0.15, 0.2) is 22.7 Å². The molecule has 0 radical (unpaired) electrons. The Morgan fingerprint density at radius 1 is 1.31 bits per heavy atom. The lowest BCUT2D eigenvalue weighted by Crippen LogP contribution is -1.97. The first-order chi connectivity index (χ1) is 7.49. The van der Waals surface area contributed by atoms with Crippen LogP contribution in [0.1, 0.15) is 0 Å². The maximum atomic E-state index is 13.7. The minimum atomic E-state index is -0.556. The summed E-state index contributed by atoms with van der Waals surface area (Å²) < 4.78 is 28.3. The normalized spacial score (nSPS) is 10.8. The number of benzene rings is 1. The van der Waals surface area contributed by atoms with Crippen LogP contribution in [0, 0.1) is 11.6 Å². The van der Waals surface area contributed by atoms with Crippen LogP contribution in [-0.2, 0) is 7.05 Å². The van der Waals surface area contributed by atoms with E-state index in [9.17, 15) is 8.78 Å². The highest BCUT2D eigenvalue weighted by Gasteiger charge is 2.14. The molecule has 3 nitrogen and oxygen atoms in total. The lowest BCUT2D eigenvalue weighted by molar-refractivity contribution is 0.596. The van der Waals surface area contributed by atoms with Crippen LogP contribution < -0.4 is 5.73 Å². The molecule has 84 valence electrons. The molecule has 0 unspecified atom stereocenters. The third-order valence-electron chi connectivity index (χ3n) is 2.18. The van der Waals surface area contributed by atoms with Crippen molar-refractivity contribution in [3.05, 3.63) is 34.3 Å². The molecule has 0 saturated carbocycles. The molecule has 0 atom stereocenters. The second-order valence-corrected chi connectivity index (χ2v) is 4.18. The monoisotopic (exact) mass is 287 g/mol. The van der Waals surface area contributed by atoms with Gasteiger partial charge in [-0.3, -0.25) is 4.68 Å². The van der Waals surface area contributed by atoms with Crippen LogP contribution in [0.3, 0.4) is 0 Å². The van der Waals surface area contributed by atoms with Gasteiger partial charge in [-0.2, -0.15) is 5.10 Å². The highest BCUT2D eigenvalue weighted by atomic mass is 79.9. The zero-order chi connectivity index (χ0) is 11.9. The van der Waals surface area contributed by atoms with Crippen molar-refractivity contribution in [2.45, 2.75) is 0 Å². The molecule has 0 amide bonds. The predicted molar refractivity (Wildman–Crippen MR) is 60.7 cm³/mol. The zero-order valence-corrected chi connectivity index (χ0v) is 9.92. The van der Waals surface area contributed by atoms with Crippen molar-refractivity contribution in [3.8, 4) is 11.3 Å². The lowest BCUT2D eigenvalue weighted by Gasteiger charge is -2.01. The van der Waals surface area contributed by atoms with Crippen molar-refractivity contribution in [2.24, 2.45) is 7.05 Å². The van der Waals surface area contributed by atoms with Crippen molar-refractivity contribution in [1.82, 2.24) is 9.78 Å². The largest absolute Gasteiger partial charge is 0.384 e. The van der Waals surface area contributed by atoms with Gasteiger partial charge in [0.05, 0.1) is 10.2 Å². The van der Waals surface area contributed by atoms with Crippen molar-refractivity contribution < 1.29 is 8.78 Å². The summed E-state index contributed by atoms with van der Waals surface area (Å²) in [6.07, 6.45) is 0. The zero-order valence-electron chi connectivity index (χ0n) is 8.34. The summed E-state index contributed by atoms with van der Waals surface area (Å²) in [5, 5.41) is 3.99. The Morgan fingerprint density at radius 3 is 2.56 bits per heavy atom. The first-order valence-corrected chi connectivity index (χ1v) is 5.23. The molecule has 0 bridgehead atoms. The average Bonchev–Trinajstić information content (AvgIpc) is 2.53. The van der Waals surface area contributed by atoms with Crippen LogP contribution in [-0.4, -0.2) is 9.78 Å². The number of hydrogen-bond donors (Lipinski definition) is 1. The summed E-state index contributed by atoms with van der Waals surface area (Å²) in [6.45, 7) is 0. The second kappa shape index (κ2) is 3.86. The Kier molecular flexibility index (Phi) is 2.67. The third-order valence-corrected chi connectivity index (χ3v) is 2.76. The fourth-order valence-electron chi connectivity index (χ4n) is 1.36. The molecule has 0 aliphatic heterocycles. The molecule has 1 aromatic carbocycles. The first-order valence-electron chi connectivity index (χ1n) is 4.43. The molecule has 1 heterocycles. The van der Waals surface area contributed by atoms with Gasteiger partial charge in [-0.1, -0.05) is 0 Å². The minimum Gasteiger partial charge on any atom is -0.384 e. The van der Waals surface area contributed by atoms with Gasteiger partial charge >= 0.3 is 0 Å². The molecule has 2 N–H and O–H groups in total. The Balaban J connectivity index is 2.63. The number of nitrogens with zero attached hydrogens (tertiary/aromatic N) is 2. The van der Waals surface area contributed by atoms with Gasteiger partial charge in [-0.25, -0.2) is 8.78 Å². The molecular formula is C10H8BrF2N3. The predicted octanol–water partition coefficient (Wildman–Crippen LogP) is 2.71. The number of hydrogen-bond acceptors (Lipinski definition) is 2. The Bertz CT molecular complexity index is 532. The Morgan fingerprint density at radius 2 is 2.00 bits per heavy atom. The van der Waals surface area contributed by atoms with Crippen molar-refractivity contribution >= 4 is 21.7 Å². The SMILES string of the molecule is Cn1nc(-c2cc(F)cc(Br)c2F)cc1N. The standard InChI is InChI=1S/C10H8BrF2N3/c1-16-9(14)4-8(15-16)6-2-5(12)3-7(11)10(6)13/h2-4H,14H2,1H3. The van der Waals surface area contributed by atoms with Gasteiger partial charge in [0, 0.05) is 18.7 Å². The fraction of sp³-hybridized carbons (Fsp3) is 0.100. The topological polar surface area (TPSA) is 43.8 Å². The minimum absolute atomic E-state index is 0.0618. The van der Waals surface area contributed by atoms with E-state index in [0.717, 1.165) is 12.1 Å². The van der Waals surface area contributed by atoms with Crippen molar-refractivity contribution in [1.29, 1.82) is 0 Å². The maximum Gasteiger partial charge on any atom is 0.147 e. The quantitative estimate of drug-likeness (QED) is 0.820. The molecule has 0 spiro atoms. The van der Waals surface area contributed by atoms with E-state index in [0.29, 0.717) is 11.5 Å². The van der Waals surface area contributed by atoms with Gasteiger partial charge < -0.3 is 5.73 Å².